The number of aliphatic hydroxyl groups is 1. The largest absolute Gasteiger partial charge is 0.393 e. The highest BCUT2D eigenvalue weighted by molar-refractivity contribution is 5.83. The summed E-state index contributed by atoms with van der Waals surface area (Å²) in [6, 6.07) is 0. The minimum atomic E-state index is -0.573. The Morgan fingerprint density at radius 1 is 1.12 bits per heavy atom. The summed E-state index contributed by atoms with van der Waals surface area (Å²) in [5.41, 5.74) is -0.999. The number of hydrogen-bond donors (Lipinski definition) is 3. The van der Waals surface area contributed by atoms with Crippen molar-refractivity contribution in [1.82, 2.24) is 10.6 Å². The van der Waals surface area contributed by atoms with Crippen LogP contribution in [0.4, 0.5) is 0 Å². The van der Waals surface area contributed by atoms with Crippen LogP contribution >= 0.6 is 0 Å². The maximum absolute atomic E-state index is 11.9. The first kappa shape index (κ1) is 22.4. The zero-order chi connectivity index (χ0) is 18.8. The molecule has 0 heterocycles. The second kappa shape index (κ2) is 10.3. The standard InChI is InChI=1S/C18H33N3O3/c1-6-18(4,16(24)21-13-19)12-8-10-14(22)9-7-11-17(2,3)15(23)20-5/h14,22H,6-12H2,1-5H3,(H,20,23)(H,21,24). The van der Waals surface area contributed by atoms with Gasteiger partial charge < -0.3 is 10.4 Å². The average Bonchev–Trinajstić information content (AvgIpc) is 2.53. The van der Waals surface area contributed by atoms with Crippen LogP contribution in [0.25, 0.3) is 0 Å². The first-order chi connectivity index (χ1) is 11.1. The van der Waals surface area contributed by atoms with E-state index in [0.29, 0.717) is 25.7 Å². The zero-order valence-electron chi connectivity index (χ0n) is 15.7. The van der Waals surface area contributed by atoms with Crippen molar-refractivity contribution in [1.29, 1.82) is 5.26 Å². The number of hydrogen-bond acceptors (Lipinski definition) is 4. The molecular weight excluding hydrogens is 306 g/mol. The van der Waals surface area contributed by atoms with Crippen LogP contribution in [-0.2, 0) is 9.59 Å². The number of amides is 2. The molecule has 0 saturated carbocycles. The van der Waals surface area contributed by atoms with Gasteiger partial charge in [0.05, 0.1) is 6.10 Å². The van der Waals surface area contributed by atoms with Gasteiger partial charge in [0.1, 0.15) is 0 Å². The van der Waals surface area contributed by atoms with Gasteiger partial charge in [-0.25, -0.2) is 0 Å². The van der Waals surface area contributed by atoms with E-state index in [2.05, 4.69) is 10.6 Å². The molecule has 0 rings (SSSR count). The SMILES string of the molecule is CCC(C)(CCCC(O)CCCC(C)(C)C(=O)NC)C(=O)NC#N. The molecule has 0 aromatic carbocycles. The molecule has 6 heteroatoms. The van der Waals surface area contributed by atoms with Gasteiger partial charge in [0.25, 0.3) is 0 Å². The normalized spacial score (nSPS) is 15.0. The van der Waals surface area contributed by atoms with Crippen molar-refractivity contribution >= 4 is 11.8 Å². The van der Waals surface area contributed by atoms with Crippen LogP contribution in [0.2, 0.25) is 0 Å². The van der Waals surface area contributed by atoms with Gasteiger partial charge in [-0.2, -0.15) is 5.26 Å². The number of nitriles is 1. The second-order valence-electron chi connectivity index (χ2n) is 7.38. The Kier molecular flexibility index (Phi) is 9.60. The topological polar surface area (TPSA) is 102 Å². The first-order valence-electron chi connectivity index (χ1n) is 8.72. The highest BCUT2D eigenvalue weighted by Gasteiger charge is 2.31. The van der Waals surface area contributed by atoms with E-state index in [1.165, 1.54) is 0 Å². The van der Waals surface area contributed by atoms with Gasteiger partial charge in [0, 0.05) is 17.9 Å². The lowest BCUT2D eigenvalue weighted by atomic mass is 9.80. The number of aliphatic hydroxyl groups excluding tert-OH is 1. The smallest absolute Gasteiger partial charge is 0.238 e. The summed E-state index contributed by atoms with van der Waals surface area (Å²) in [5.74, 6) is -0.242. The lowest BCUT2D eigenvalue weighted by Gasteiger charge is -2.26. The second-order valence-corrected chi connectivity index (χ2v) is 7.38. The van der Waals surface area contributed by atoms with E-state index in [-0.39, 0.29) is 11.8 Å². The average molecular weight is 339 g/mol. The fourth-order valence-corrected chi connectivity index (χ4v) is 2.76. The molecule has 0 bridgehead atoms. The summed E-state index contributed by atoms with van der Waals surface area (Å²) in [4.78, 5) is 23.6. The van der Waals surface area contributed by atoms with Gasteiger partial charge in [-0.05, 0) is 44.9 Å². The van der Waals surface area contributed by atoms with E-state index < -0.39 is 16.9 Å². The molecule has 3 N–H and O–H groups in total. The van der Waals surface area contributed by atoms with Crippen LogP contribution in [0, 0.1) is 22.3 Å². The van der Waals surface area contributed by atoms with Crippen LogP contribution < -0.4 is 10.6 Å². The van der Waals surface area contributed by atoms with Crippen molar-refractivity contribution in [2.75, 3.05) is 7.05 Å². The van der Waals surface area contributed by atoms with Crippen molar-refractivity contribution in [3.8, 4) is 6.19 Å². The van der Waals surface area contributed by atoms with Crippen LogP contribution in [0.1, 0.15) is 72.6 Å². The van der Waals surface area contributed by atoms with Gasteiger partial charge in [-0.3, -0.25) is 14.9 Å². The molecule has 6 nitrogen and oxygen atoms in total. The fourth-order valence-electron chi connectivity index (χ4n) is 2.76. The van der Waals surface area contributed by atoms with Crippen LogP contribution in [0.15, 0.2) is 0 Å². The van der Waals surface area contributed by atoms with E-state index in [1.54, 1.807) is 13.2 Å². The number of carbonyl (C=O) groups is 2. The maximum atomic E-state index is 11.9. The molecule has 2 amide bonds. The van der Waals surface area contributed by atoms with Gasteiger partial charge in [0.2, 0.25) is 11.8 Å². The van der Waals surface area contributed by atoms with Crippen LogP contribution in [0.3, 0.4) is 0 Å². The summed E-state index contributed by atoms with van der Waals surface area (Å²) < 4.78 is 0. The van der Waals surface area contributed by atoms with Gasteiger partial charge in [0.15, 0.2) is 6.19 Å². The van der Waals surface area contributed by atoms with Crippen molar-refractivity contribution in [3.63, 3.8) is 0 Å². The summed E-state index contributed by atoms with van der Waals surface area (Å²) in [5, 5.41) is 23.5. The Hall–Kier alpha value is -1.61. The molecule has 0 aliphatic carbocycles. The van der Waals surface area contributed by atoms with E-state index in [0.717, 1.165) is 19.3 Å². The molecule has 0 aliphatic heterocycles. The summed E-state index contributed by atoms with van der Waals surface area (Å²) in [6.07, 6.45) is 6.04. The molecule has 2 atom stereocenters. The Bertz CT molecular complexity index is 457. The van der Waals surface area contributed by atoms with Crippen molar-refractivity contribution in [2.24, 2.45) is 10.8 Å². The third kappa shape index (κ3) is 7.31. The summed E-state index contributed by atoms with van der Waals surface area (Å²) in [6.45, 7) is 7.57. The summed E-state index contributed by atoms with van der Waals surface area (Å²) >= 11 is 0. The molecule has 0 radical (unpaired) electrons. The monoisotopic (exact) mass is 339 g/mol. The molecule has 2 unspecified atom stereocenters. The quantitative estimate of drug-likeness (QED) is 0.397. The number of nitrogens with zero attached hydrogens (tertiary/aromatic N) is 1. The Balaban J connectivity index is 4.18. The Morgan fingerprint density at radius 3 is 2.12 bits per heavy atom. The lowest BCUT2D eigenvalue weighted by Crippen LogP contribution is -2.36. The number of nitrogens with one attached hydrogen (secondary N) is 2. The van der Waals surface area contributed by atoms with Crippen LogP contribution in [0.5, 0.6) is 0 Å². The van der Waals surface area contributed by atoms with Gasteiger partial charge >= 0.3 is 0 Å². The van der Waals surface area contributed by atoms with Gasteiger partial charge in [-0.1, -0.05) is 27.7 Å². The molecule has 0 fully saturated rings. The number of rotatable bonds is 11. The Morgan fingerprint density at radius 2 is 1.67 bits per heavy atom. The highest BCUT2D eigenvalue weighted by Crippen LogP contribution is 2.29. The third-order valence-electron chi connectivity index (χ3n) is 4.94. The molecule has 138 valence electrons. The van der Waals surface area contributed by atoms with E-state index >= 15 is 0 Å². The zero-order valence-corrected chi connectivity index (χ0v) is 15.7. The first-order valence-corrected chi connectivity index (χ1v) is 8.72. The summed E-state index contributed by atoms with van der Waals surface area (Å²) in [7, 11) is 1.63. The predicted octanol–water partition coefficient (Wildman–Crippen LogP) is 2.47. The minimum absolute atomic E-state index is 0.0132. The molecule has 0 spiro atoms. The highest BCUT2D eigenvalue weighted by atomic mass is 16.3. The molecule has 24 heavy (non-hydrogen) atoms. The minimum Gasteiger partial charge on any atom is -0.393 e. The van der Waals surface area contributed by atoms with E-state index in [4.69, 9.17) is 5.26 Å². The third-order valence-corrected chi connectivity index (χ3v) is 4.94. The molecule has 0 aromatic rings. The van der Waals surface area contributed by atoms with Crippen molar-refractivity contribution < 1.29 is 14.7 Å². The van der Waals surface area contributed by atoms with E-state index in [1.807, 2.05) is 27.7 Å². The van der Waals surface area contributed by atoms with Crippen LogP contribution in [-0.4, -0.2) is 30.1 Å². The predicted molar refractivity (Wildman–Crippen MR) is 93.7 cm³/mol. The number of carbonyl (C=O) groups excluding carboxylic acids is 2. The fraction of sp³-hybridized carbons (Fsp3) is 0.833. The van der Waals surface area contributed by atoms with Crippen molar-refractivity contribution in [2.45, 2.75) is 78.7 Å². The molecule has 0 saturated heterocycles. The lowest BCUT2D eigenvalue weighted by molar-refractivity contribution is -0.130. The molecular formula is C18H33N3O3. The maximum Gasteiger partial charge on any atom is 0.238 e. The Labute approximate surface area is 146 Å². The van der Waals surface area contributed by atoms with E-state index in [9.17, 15) is 14.7 Å². The van der Waals surface area contributed by atoms with Gasteiger partial charge in [-0.15, -0.1) is 0 Å². The van der Waals surface area contributed by atoms with Crippen molar-refractivity contribution in [3.05, 3.63) is 0 Å². The molecule has 0 aromatic heterocycles. The molecule has 0 aliphatic rings.